The van der Waals surface area contributed by atoms with Crippen molar-refractivity contribution in [3.63, 3.8) is 0 Å². The van der Waals surface area contributed by atoms with Gasteiger partial charge in [0.1, 0.15) is 5.01 Å². The highest BCUT2D eigenvalue weighted by Gasteiger charge is 2.24. The van der Waals surface area contributed by atoms with E-state index in [1.54, 1.807) is 0 Å². The van der Waals surface area contributed by atoms with Crippen molar-refractivity contribution in [2.45, 2.75) is 58.4 Å². The van der Waals surface area contributed by atoms with Crippen molar-refractivity contribution >= 4 is 23.2 Å². The highest BCUT2D eigenvalue weighted by molar-refractivity contribution is 7.09. The molecule has 2 N–H and O–H groups in total. The molecule has 1 aliphatic carbocycles. The van der Waals surface area contributed by atoms with E-state index in [1.165, 1.54) is 42.4 Å². The molecular formula is C16H24N2O3S. The number of thiazole rings is 1. The molecule has 0 radical (unpaired) electrons. The Morgan fingerprint density at radius 2 is 2.18 bits per heavy atom. The lowest BCUT2D eigenvalue weighted by molar-refractivity contribution is -0.126. The number of hydrogen-bond donors (Lipinski definition) is 2. The molecule has 0 aliphatic heterocycles. The molecule has 1 saturated carbocycles. The van der Waals surface area contributed by atoms with Gasteiger partial charge in [0.15, 0.2) is 5.69 Å². The number of hydrogen-bond acceptors (Lipinski definition) is 4. The number of aromatic nitrogens is 1. The lowest BCUT2D eigenvalue weighted by Gasteiger charge is -2.19. The molecule has 122 valence electrons. The maximum absolute atomic E-state index is 12.4. The van der Waals surface area contributed by atoms with Gasteiger partial charge in [-0.15, -0.1) is 11.3 Å². The number of aromatic carboxylic acids is 1. The molecule has 1 fully saturated rings. The van der Waals surface area contributed by atoms with E-state index in [9.17, 15) is 9.59 Å². The number of carbonyl (C=O) groups is 2. The summed E-state index contributed by atoms with van der Waals surface area (Å²) in [5, 5.41) is 13.9. The van der Waals surface area contributed by atoms with Crippen LogP contribution < -0.4 is 5.32 Å². The number of nitrogens with one attached hydrogen (secondary N) is 1. The normalized spacial score (nSPS) is 16.6. The maximum Gasteiger partial charge on any atom is 0.355 e. The Bertz CT molecular complexity index is 509. The first kappa shape index (κ1) is 16.9. The molecule has 1 atom stereocenters. The minimum atomic E-state index is -1.03. The highest BCUT2D eigenvalue weighted by atomic mass is 32.1. The molecule has 0 spiro atoms. The van der Waals surface area contributed by atoms with E-state index in [0.717, 1.165) is 19.3 Å². The van der Waals surface area contributed by atoms with E-state index in [0.29, 0.717) is 17.5 Å². The largest absolute Gasteiger partial charge is 0.476 e. The van der Waals surface area contributed by atoms with Gasteiger partial charge >= 0.3 is 5.97 Å². The summed E-state index contributed by atoms with van der Waals surface area (Å²) in [6, 6.07) is 0. The van der Waals surface area contributed by atoms with Crippen molar-refractivity contribution < 1.29 is 14.7 Å². The van der Waals surface area contributed by atoms with Crippen LogP contribution in [0, 0.1) is 11.8 Å². The third-order valence-electron chi connectivity index (χ3n) is 4.29. The quantitative estimate of drug-likeness (QED) is 0.767. The molecule has 2 rings (SSSR count). The number of amides is 1. The van der Waals surface area contributed by atoms with Crippen LogP contribution >= 0.6 is 11.3 Å². The van der Waals surface area contributed by atoms with Gasteiger partial charge in [0.2, 0.25) is 5.91 Å². The van der Waals surface area contributed by atoms with Gasteiger partial charge in [-0.1, -0.05) is 39.0 Å². The molecule has 0 bridgehead atoms. The molecule has 6 heteroatoms. The lowest BCUT2D eigenvalue weighted by Crippen LogP contribution is -2.31. The predicted octanol–water partition coefficient (Wildman–Crippen LogP) is 3.45. The van der Waals surface area contributed by atoms with Gasteiger partial charge in [0, 0.05) is 11.3 Å². The summed E-state index contributed by atoms with van der Waals surface area (Å²) in [6.45, 7) is 2.43. The first-order chi connectivity index (χ1) is 10.6. The minimum absolute atomic E-state index is 0.0466. The topological polar surface area (TPSA) is 79.3 Å². The summed E-state index contributed by atoms with van der Waals surface area (Å²) in [5.41, 5.74) is 0.0466. The number of carboxylic acid groups (broad SMARTS) is 1. The van der Waals surface area contributed by atoms with Gasteiger partial charge in [0.05, 0.1) is 6.54 Å². The van der Waals surface area contributed by atoms with Crippen molar-refractivity contribution in [3.8, 4) is 0 Å². The maximum atomic E-state index is 12.4. The van der Waals surface area contributed by atoms with Crippen molar-refractivity contribution in [2.75, 3.05) is 0 Å². The molecule has 1 aliphatic rings. The summed E-state index contributed by atoms with van der Waals surface area (Å²) in [7, 11) is 0. The van der Waals surface area contributed by atoms with E-state index < -0.39 is 5.97 Å². The molecule has 1 aromatic rings. The molecule has 1 amide bonds. The average molecular weight is 324 g/mol. The zero-order valence-corrected chi connectivity index (χ0v) is 13.8. The Kier molecular flexibility index (Phi) is 6.36. The van der Waals surface area contributed by atoms with Crippen molar-refractivity contribution in [1.29, 1.82) is 0 Å². The first-order valence-corrected chi connectivity index (χ1v) is 8.93. The van der Waals surface area contributed by atoms with Gasteiger partial charge < -0.3 is 10.4 Å². The molecular weight excluding hydrogens is 300 g/mol. The Labute approximate surface area is 135 Å². The fraction of sp³-hybridized carbons (Fsp3) is 0.688. The van der Waals surface area contributed by atoms with E-state index in [4.69, 9.17) is 5.11 Å². The number of carboxylic acids is 1. The minimum Gasteiger partial charge on any atom is -0.476 e. The second-order valence-corrected chi connectivity index (χ2v) is 6.96. The number of rotatable bonds is 8. The third kappa shape index (κ3) is 4.80. The van der Waals surface area contributed by atoms with E-state index in [1.807, 2.05) is 0 Å². The molecule has 1 heterocycles. The number of carbonyl (C=O) groups excluding carboxylic acids is 1. The monoisotopic (exact) mass is 324 g/mol. The Morgan fingerprint density at radius 3 is 2.77 bits per heavy atom. The fourth-order valence-corrected chi connectivity index (χ4v) is 3.86. The van der Waals surface area contributed by atoms with Gasteiger partial charge in [-0.25, -0.2) is 9.78 Å². The Morgan fingerprint density at radius 1 is 1.45 bits per heavy atom. The SMILES string of the molecule is CCCC(CC1CCCC1)C(=O)NCc1nc(C(=O)O)cs1. The summed E-state index contributed by atoms with van der Waals surface area (Å²) in [4.78, 5) is 27.2. The van der Waals surface area contributed by atoms with Crippen LogP contribution in [-0.2, 0) is 11.3 Å². The molecule has 1 aromatic heterocycles. The van der Waals surface area contributed by atoms with Crippen LogP contribution in [0.15, 0.2) is 5.38 Å². The van der Waals surface area contributed by atoms with Gasteiger partial charge in [-0.05, 0) is 18.8 Å². The van der Waals surface area contributed by atoms with Crippen LogP contribution in [0.2, 0.25) is 0 Å². The van der Waals surface area contributed by atoms with E-state index in [2.05, 4.69) is 17.2 Å². The van der Waals surface area contributed by atoms with Crippen LogP contribution in [0.5, 0.6) is 0 Å². The molecule has 0 aromatic carbocycles. The molecule has 22 heavy (non-hydrogen) atoms. The van der Waals surface area contributed by atoms with Crippen molar-refractivity contribution in [1.82, 2.24) is 10.3 Å². The lowest BCUT2D eigenvalue weighted by atomic mass is 9.89. The van der Waals surface area contributed by atoms with Crippen LogP contribution in [0.4, 0.5) is 0 Å². The molecule has 1 unspecified atom stereocenters. The Hall–Kier alpha value is -1.43. The van der Waals surface area contributed by atoms with Crippen molar-refractivity contribution in [2.24, 2.45) is 11.8 Å². The summed E-state index contributed by atoms with van der Waals surface area (Å²) < 4.78 is 0. The summed E-state index contributed by atoms with van der Waals surface area (Å²) >= 11 is 1.27. The van der Waals surface area contributed by atoms with Crippen LogP contribution in [-0.4, -0.2) is 22.0 Å². The standard InChI is InChI=1S/C16H24N2O3S/c1-2-5-12(8-11-6-3-4-7-11)15(19)17-9-14-18-13(10-22-14)16(20)21/h10-12H,2-9H2,1H3,(H,17,19)(H,20,21). The molecule has 5 nitrogen and oxygen atoms in total. The fourth-order valence-electron chi connectivity index (χ4n) is 3.15. The second kappa shape index (κ2) is 8.27. The van der Waals surface area contributed by atoms with Gasteiger partial charge in [0.25, 0.3) is 0 Å². The Balaban J connectivity index is 1.85. The summed E-state index contributed by atoms with van der Waals surface area (Å²) in [5.74, 6) is -0.174. The zero-order chi connectivity index (χ0) is 15.9. The van der Waals surface area contributed by atoms with Gasteiger partial charge in [-0.3, -0.25) is 4.79 Å². The summed E-state index contributed by atoms with van der Waals surface area (Å²) in [6.07, 6.45) is 8.00. The van der Waals surface area contributed by atoms with Crippen LogP contribution in [0.1, 0.15) is 67.4 Å². The predicted molar refractivity (Wildman–Crippen MR) is 85.9 cm³/mol. The first-order valence-electron chi connectivity index (χ1n) is 8.05. The van der Waals surface area contributed by atoms with Crippen molar-refractivity contribution in [3.05, 3.63) is 16.1 Å². The van der Waals surface area contributed by atoms with Crippen LogP contribution in [0.25, 0.3) is 0 Å². The highest BCUT2D eigenvalue weighted by Crippen LogP contribution is 2.31. The third-order valence-corrected chi connectivity index (χ3v) is 5.13. The van der Waals surface area contributed by atoms with Gasteiger partial charge in [-0.2, -0.15) is 0 Å². The van der Waals surface area contributed by atoms with Crippen LogP contribution in [0.3, 0.4) is 0 Å². The van der Waals surface area contributed by atoms with E-state index >= 15 is 0 Å². The molecule has 0 saturated heterocycles. The number of nitrogens with zero attached hydrogens (tertiary/aromatic N) is 1. The second-order valence-electron chi connectivity index (χ2n) is 6.02. The average Bonchev–Trinajstić information content (AvgIpc) is 3.15. The zero-order valence-electron chi connectivity index (χ0n) is 13.0. The van der Waals surface area contributed by atoms with E-state index in [-0.39, 0.29) is 17.5 Å². The smallest absolute Gasteiger partial charge is 0.355 e.